The summed E-state index contributed by atoms with van der Waals surface area (Å²) in [5.41, 5.74) is 7.98. The normalized spacial score (nSPS) is 21.0. The second kappa shape index (κ2) is 5.67. The zero-order chi connectivity index (χ0) is 13.1. The van der Waals surface area contributed by atoms with Gasteiger partial charge in [-0.2, -0.15) is 0 Å². The Labute approximate surface area is 115 Å². The smallest absolute Gasteiger partial charge is 0.106 e. The van der Waals surface area contributed by atoms with E-state index < -0.39 is 0 Å². The van der Waals surface area contributed by atoms with Gasteiger partial charge in [-0.15, -0.1) is 0 Å². The van der Waals surface area contributed by atoms with Crippen LogP contribution >= 0.6 is 12.2 Å². The van der Waals surface area contributed by atoms with Gasteiger partial charge in [0.05, 0.1) is 0 Å². The molecule has 1 saturated heterocycles. The van der Waals surface area contributed by atoms with Crippen molar-refractivity contribution in [1.29, 1.82) is 0 Å². The van der Waals surface area contributed by atoms with E-state index in [0.29, 0.717) is 11.0 Å². The SMILES string of the molecule is CCC1CN(c2ccccc2C(N)=S)CCN1C. The van der Waals surface area contributed by atoms with Gasteiger partial charge in [-0.05, 0) is 25.6 Å². The summed E-state index contributed by atoms with van der Waals surface area (Å²) in [5.74, 6) is 0. The number of anilines is 1. The summed E-state index contributed by atoms with van der Waals surface area (Å²) in [4.78, 5) is 5.32. The molecule has 0 aromatic heterocycles. The van der Waals surface area contributed by atoms with Crippen molar-refractivity contribution in [3.8, 4) is 0 Å². The minimum absolute atomic E-state index is 0.484. The zero-order valence-electron chi connectivity index (χ0n) is 11.1. The van der Waals surface area contributed by atoms with Crippen molar-refractivity contribution >= 4 is 22.9 Å². The average molecular weight is 263 g/mol. The number of likely N-dealkylation sites (N-methyl/N-ethyl adjacent to an activating group) is 1. The lowest BCUT2D eigenvalue weighted by atomic mass is 10.1. The number of hydrogen-bond donors (Lipinski definition) is 1. The number of para-hydroxylation sites is 1. The monoisotopic (exact) mass is 263 g/mol. The standard InChI is InChI=1S/C14H21N3S/c1-3-11-10-17(9-8-16(11)2)13-7-5-4-6-12(13)14(15)18/h4-7,11H,3,8-10H2,1-2H3,(H2,15,18). The van der Waals surface area contributed by atoms with Crippen molar-refractivity contribution in [2.24, 2.45) is 5.73 Å². The third-order valence-corrected chi connectivity index (χ3v) is 3.98. The molecule has 3 nitrogen and oxygen atoms in total. The summed E-state index contributed by atoms with van der Waals surface area (Å²) >= 11 is 5.14. The summed E-state index contributed by atoms with van der Waals surface area (Å²) in [6.45, 7) is 5.41. The van der Waals surface area contributed by atoms with Gasteiger partial charge in [0.25, 0.3) is 0 Å². The van der Waals surface area contributed by atoms with Crippen LogP contribution in [0.5, 0.6) is 0 Å². The van der Waals surface area contributed by atoms with Crippen molar-refractivity contribution in [1.82, 2.24) is 4.90 Å². The second-order valence-corrected chi connectivity index (χ2v) is 5.31. The molecule has 1 atom stereocenters. The molecule has 0 amide bonds. The Kier molecular flexibility index (Phi) is 4.19. The van der Waals surface area contributed by atoms with Gasteiger partial charge in [0, 0.05) is 36.9 Å². The molecule has 0 saturated carbocycles. The number of thiocarbonyl (C=S) groups is 1. The molecule has 1 aliphatic rings. The molecule has 18 heavy (non-hydrogen) atoms. The van der Waals surface area contributed by atoms with Gasteiger partial charge >= 0.3 is 0 Å². The molecule has 0 spiro atoms. The van der Waals surface area contributed by atoms with E-state index >= 15 is 0 Å². The lowest BCUT2D eigenvalue weighted by Gasteiger charge is -2.41. The minimum atomic E-state index is 0.484. The highest BCUT2D eigenvalue weighted by atomic mass is 32.1. The fourth-order valence-corrected chi connectivity index (χ4v) is 2.74. The molecule has 1 heterocycles. The van der Waals surface area contributed by atoms with Crippen LogP contribution in [0.4, 0.5) is 5.69 Å². The first kappa shape index (κ1) is 13.3. The summed E-state index contributed by atoms with van der Waals surface area (Å²) in [6.07, 6.45) is 1.17. The molecule has 98 valence electrons. The minimum Gasteiger partial charge on any atom is -0.389 e. The molecule has 2 rings (SSSR count). The third kappa shape index (κ3) is 2.65. The Morgan fingerprint density at radius 2 is 2.11 bits per heavy atom. The van der Waals surface area contributed by atoms with Gasteiger partial charge in [0.15, 0.2) is 0 Å². The number of nitrogens with zero attached hydrogens (tertiary/aromatic N) is 2. The number of benzene rings is 1. The van der Waals surface area contributed by atoms with E-state index in [2.05, 4.69) is 35.9 Å². The van der Waals surface area contributed by atoms with Crippen LogP contribution < -0.4 is 10.6 Å². The lowest BCUT2D eigenvalue weighted by molar-refractivity contribution is 0.213. The predicted molar refractivity (Wildman–Crippen MR) is 81.3 cm³/mol. The van der Waals surface area contributed by atoms with Gasteiger partial charge in [0.2, 0.25) is 0 Å². The van der Waals surface area contributed by atoms with Crippen molar-refractivity contribution in [2.45, 2.75) is 19.4 Å². The van der Waals surface area contributed by atoms with Crippen LogP contribution in [0.15, 0.2) is 24.3 Å². The first-order valence-corrected chi connectivity index (χ1v) is 6.88. The highest BCUT2D eigenvalue weighted by Gasteiger charge is 2.24. The van der Waals surface area contributed by atoms with Gasteiger partial charge < -0.3 is 10.6 Å². The highest BCUT2D eigenvalue weighted by Crippen LogP contribution is 2.23. The molecule has 1 fully saturated rings. The largest absolute Gasteiger partial charge is 0.389 e. The van der Waals surface area contributed by atoms with Crippen LogP contribution in [-0.2, 0) is 0 Å². The van der Waals surface area contributed by atoms with Gasteiger partial charge in [0.1, 0.15) is 4.99 Å². The van der Waals surface area contributed by atoms with Crippen molar-refractivity contribution in [3.05, 3.63) is 29.8 Å². The first-order valence-electron chi connectivity index (χ1n) is 6.47. The van der Waals surface area contributed by atoms with Gasteiger partial charge in [-0.25, -0.2) is 0 Å². The summed E-state index contributed by atoms with van der Waals surface area (Å²) in [6, 6.07) is 8.78. The Morgan fingerprint density at radius 1 is 1.39 bits per heavy atom. The molecule has 1 aromatic carbocycles. The topological polar surface area (TPSA) is 32.5 Å². The summed E-state index contributed by atoms with van der Waals surface area (Å²) < 4.78 is 0. The van der Waals surface area contributed by atoms with Crippen LogP contribution in [0.25, 0.3) is 0 Å². The van der Waals surface area contributed by atoms with Crippen LogP contribution in [0, 0.1) is 0 Å². The third-order valence-electron chi connectivity index (χ3n) is 3.76. The molecule has 2 N–H and O–H groups in total. The van der Waals surface area contributed by atoms with Crippen molar-refractivity contribution in [3.63, 3.8) is 0 Å². The average Bonchev–Trinajstić information content (AvgIpc) is 2.39. The fourth-order valence-electron chi connectivity index (χ4n) is 2.56. The number of nitrogens with two attached hydrogens (primary N) is 1. The molecule has 1 aliphatic heterocycles. The highest BCUT2D eigenvalue weighted by molar-refractivity contribution is 7.80. The van der Waals surface area contributed by atoms with E-state index in [1.807, 2.05) is 12.1 Å². The maximum atomic E-state index is 5.81. The Hall–Kier alpha value is -1.13. The molecular weight excluding hydrogens is 242 g/mol. The van der Waals surface area contributed by atoms with Crippen LogP contribution in [0.3, 0.4) is 0 Å². The quantitative estimate of drug-likeness (QED) is 0.844. The molecule has 0 bridgehead atoms. The van der Waals surface area contributed by atoms with Crippen LogP contribution in [0.1, 0.15) is 18.9 Å². The second-order valence-electron chi connectivity index (χ2n) is 4.87. The molecular formula is C14H21N3S. The first-order chi connectivity index (χ1) is 8.63. The lowest BCUT2D eigenvalue weighted by Crippen LogP contribution is -2.51. The van der Waals surface area contributed by atoms with E-state index in [-0.39, 0.29) is 0 Å². The van der Waals surface area contributed by atoms with E-state index in [1.165, 1.54) is 12.1 Å². The maximum Gasteiger partial charge on any atom is 0.106 e. The van der Waals surface area contributed by atoms with E-state index in [0.717, 1.165) is 25.2 Å². The molecule has 0 aliphatic carbocycles. The van der Waals surface area contributed by atoms with Crippen molar-refractivity contribution in [2.75, 3.05) is 31.6 Å². The molecule has 4 heteroatoms. The number of piperazine rings is 1. The number of hydrogen-bond acceptors (Lipinski definition) is 3. The Balaban J connectivity index is 2.24. The van der Waals surface area contributed by atoms with Gasteiger partial charge in [-0.1, -0.05) is 31.3 Å². The van der Waals surface area contributed by atoms with Gasteiger partial charge in [-0.3, -0.25) is 4.90 Å². The van der Waals surface area contributed by atoms with E-state index in [9.17, 15) is 0 Å². The number of rotatable bonds is 3. The zero-order valence-corrected chi connectivity index (χ0v) is 11.9. The van der Waals surface area contributed by atoms with Crippen LogP contribution in [0.2, 0.25) is 0 Å². The van der Waals surface area contributed by atoms with Crippen molar-refractivity contribution < 1.29 is 0 Å². The predicted octanol–water partition coefficient (Wildman–Crippen LogP) is 1.85. The molecule has 1 aromatic rings. The van der Waals surface area contributed by atoms with Crippen LogP contribution in [-0.4, -0.2) is 42.6 Å². The molecule has 0 radical (unpaired) electrons. The Morgan fingerprint density at radius 3 is 2.78 bits per heavy atom. The molecule has 1 unspecified atom stereocenters. The summed E-state index contributed by atoms with van der Waals surface area (Å²) in [7, 11) is 2.20. The van der Waals surface area contributed by atoms with E-state index in [1.54, 1.807) is 0 Å². The Bertz CT molecular complexity index is 433. The van der Waals surface area contributed by atoms with E-state index in [4.69, 9.17) is 18.0 Å². The maximum absolute atomic E-state index is 5.81. The fraction of sp³-hybridized carbons (Fsp3) is 0.500. The summed E-state index contributed by atoms with van der Waals surface area (Å²) in [5, 5.41) is 0.